The summed E-state index contributed by atoms with van der Waals surface area (Å²) in [6.45, 7) is 4.94. The van der Waals surface area contributed by atoms with Crippen LogP contribution in [0.3, 0.4) is 0 Å². The number of amides is 1. The molecule has 0 aliphatic carbocycles. The molecule has 25 heavy (non-hydrogen) atoms. The molecular formula is C14H17F4N3O2S2. The Morgan fingerprint density at radius 1 is 1.40 bits per heavy atom. The highest BCUT2D eigenvalue weighted by molar-refractivity contribution is 7.99. The smallest absolute Gasteiger partial charge is 0.368 e. The van der Waals surface area contributed by atoms with E-state index in [4.69, 9.17) is 5.73 Å². The highest BCUT2D eigenvalue weighted by atomic mass is 32.2. The number of hydrogen-bond acceptors (Lipinski definition) is 4. The molecule has 1 aliphatic rings. The van der Waals surface area contributed by atoms with Crippen LogP contribution in [-0.4, -0.2) is 25.6 Å². The number of nitrogens with one attached hydrogen (secondary N) is 1. The van der Waals surface area contributed by atoms with Gasteiger partial charge >= 0.3 is 6.18 Å². The third kappa shape index (κ3) is 3.68. The third-order valence-electron chi connectivity index (χ3n) is 3.67. The van der Waals surface area contributed by atoms with E-state index >= 15 is 0 Å². The van der Waals surface area contributed by atoms with Crippen LogP contribution in [0.4, 0.5) is 17.6 Å². The highest BCUT2D eigenvalue weighted by Crippen LogP contribution is 2.44. The molecule has 0 fully saturated rings. The number of nitrogens with zero attached hydrogens (tertiary/aromatic N) is 1. The minimum atomic E-state index is -4.96. The Labute approximate surface area is 148 Å². The van der Waals surface area contributed by atoms with Gasteiger partial charge in [0.25, 0.3) is 0 Å². The van der Waals surface area contributed by atoms with Crippen LogP contribution in [0.15, 0.2) is 11.1 Å². The average Bonchev–Trinajstić information content (AvgIpc) is 2.45. The quantitative estimate of drug-likeness (QED) is 0.765. The summed E-state index contributed by atoms with van der Waals surface area (Å²) in [4.78, 5) is 14.9. The molecule has 2 rings (SSSR count). The summed E-state index contributed by atoms with van der Waals surface area (Å²) in [6, 6.07) is 0. The summed E-state index contributed by atoms with van der Waals surface area (Å²) in [7, 11) is -1.76. The van der Waals surface area contributed by atoms with Crippen LogP contribution in [0.1, 0.15) is 38.4 Å². The first-order chi connectivity index (χ1) is 11.3. The van der Waals surface area contributed by atoms with E-state index in [1.807, 2.05) is 0 Å². The molecule has 5 nitrogen and oxygen atoms in total. The van der Waals surface area contributed by atoms with Gasteiger partial charge in [-0.2, -0.15) is 13.2 Å². The Hall–Kier alpha value is -1.20. The molecule has 1 aliphatic heterocycles. The fourth-order valence-electron chi connectivity index (χ4n) is 2.28. The van der Waals surface area contributed by atoms with Gasteiger partial charge in [-0.3, -0.25) is 4.79 Å². The molecule has 140 valence electrons. The normalized spacial score (nSPS) is 22.4. The Morgan fingerprint density at radius 2 is 2.00 bits per heavy atom. The summed E-state index contributed by atoms with van der Waals surface area (Å²) < 4.78 is 67.3. The second kappa shape index (κ2) is 6.51. The van der Waals surface area contributed by atoms with Crippen molar-refractivity contribution in [2.75, 3.05) is 5.75 Å². The van der Waals surface area contributed by atoms with Gasteiger partial charge in [-0.05, 0) is 27.2 Å². The monoisotopic (exact) mass is 399 g/mol. The molecule has 1 amide bonds. The van der Waals surface area contributed by atoms with Crippen molar-refractivity contribution in [3.63, 3.8) is 0 Å². The fraction of sp³-hybridized carbons (Fsp3) is 0.571. The lowest BCUT2D eigenvalue weighted by Crippen LogP contribution is -2.57. The molecule has 0 aromatic carbocycles. The van der Waals surface area contributed by atoms with Crippen LogP contribution in [-0.2, 0) is 27.5 Å². The molecule has 0 spiro atoms. The predicted molar refractivity (Wildman–Crippen MR) is 86.4 cm³/mol. The number of rotatable bonds is 3. The van der Waals surface area contributed by atoms with E-state index in [1.54, 1.807) is 20.8 Å². The van der Waals surface area contributed by atoms with Crippen molar-refractivity contribution in [3.8, 4) is 0 Å². The number of fused-ring (bicyclic) bond motifs is 1. The van der Waals surface area contributed by atoms with E-state index in [9.17, 15) is 26.6 Å². The number of thioether (sulfide) groups is 1. The molecular weight excluding hydrogens is 382 g/mol. The zero-order chi connectivity index (χ0) is 19.2. The van der Waals surface area contributed by atoms with E-state index in [0.29, 0.717) is 0 Å². The van der Waals surface area contributed by atoms with Gasteiger partial charge in [0, 0.05) is 17.5 Å². The van der Waals surface area contributed by atoms with Gasteiger partial charge in [0.1, 0.15) is 5.54 Å². The van der Waals surface area contributed by atoms with Gasteiger partial charge in [0.05, 0.1) is 20.6 Å². The number of hydrogen-bond donors (Lipinski definition) is 2. The molecule has 11 heteroatoms. The zero-order valence-corrected chi connectivity index (χ0v) is 15.3. The number of aromatic nitrogens is 1. The maximum absolute atomic E-state index is 14.4. The average molecular weight is 399 g/mol. The molecule has 1 aromatic heterocycles. The lowest BCUT2D eigenvalue weighted by Gasteiger charge is -2.38. The predicted octanol–water partition coefficient (Wildman–Crippen LogP) is 2.47. The first-order valence-electron chi connectivity index (χ1n) is 7.19. The standard InChI is InChI=1S/C14H17F4N3O2S2/c1-12(2,3)25(23)21-13(11(19)22)4-5-24-9-7(13)6-20-10(8(9)15)14(16,17)18/h6,21H,4-5H2,1-3H3,(H2,19,22)/t13-,25+/m1/s1. The maximum Gasteiger partial charge on any atom is 0.436 e. The van der Waals surface area contributed by atoms with Gasteiger partial charge in [0.15, 0.2) is 11.5 Å². The molecule has 1 aromatic rings. The lowest BCUT2D eigenvalue weighted by atomic mass is 9.88. The van der Waals surface area contributed by atoms with Crippen LogP contribution in [0.5, 0.6) is 0 Å². The fourth-order valence-corrected chi connectivity index (χ4v) is 4.43. The van der Waals surface area contributed by atoms with E-state index in [1.165, 1.54) is 0 Å². The van der Waals surface area contributed by atoms with E-state index in [2.05, 4.69) is 9.71 Å². The summed E-state index contributed by atoms with van der Waals surface area (Å²) in [5.41, 5.74) is 1.93. The number of nitrogens with two attached hydrogens (primary N) is 1. The summed E-state index contributed by atoms with van der Waals surface area (Å²) >= 11 is 0.838. The van der Waals surface area contributed by atoms with Crippen molar-refractivity contribution in [2.24, 2.45) is 5.73 Å². The Kier molecular flexibility index (Phi) is 5.24. The number of primary amides is 1. The highest BCUT2D eigenvalue weighted by Gasteiger charge is 2.48. The molecule has 2 atom stereocenters. The number of carbonyl (C=O) groups is 1. The van der Waals surface area contributed by atoms with Crippen LogP contribution in [0, 0.1) is 5.82 Å². The summed E-state index contributed by atoms with van der Waals surface area (Å²) in [5, 5.41) is 0. The molecule has 0 bridgehead atoms. The van der Waals surface area contributed by atoms with Gasteiger partial charge in [-0.25, -0.2) is 18.3 Å². The molecule has 0 saturated heterocycles. The molecule has 2 heterocycles. The van der Waals surface area contributed by atoms with Gasteiger partial charge in [-0.15, -0.1) is 11.8 Å². The van der Waals surface area contributed by atoms with Crippen LogP contribution >= 0.6 is 11.8 Å². The molecule has 0 unspecified atom stereocenters. The number of alkyl halides is 3. The van der Waals surface area contributed by atoms with E-state index < -0.39 is 44.9 Å². The van der Waals surface area contributed by atoms with Crippen LogP contribution in [0.2, 0.25) is 0 Å². The molecule has 0 saturated carbocycles. The Bertz CT molecular complexity index is 734. The first-order valence-corrected chi connectivity index (χ1v) is 9.33. The number of pyridine rings is 1. The van der Waals surface area contributed by atoms with E-state index in [-0.39, 0.29) is 22.6 Å². The zero-order valence-electron chi connectivity index (χ0n) is 13.7. The summed E-state index contributed by atoms with van der Waals surface area (Å²) in [5.74, 6) is -2.38. The van der Waals surface area contributed by atoms with Crippen molar-refractivity contribution in [1.29, 1.82) is 0 Å². The minimum Gasteiger partial charge on any atom is -0.368 e. The SMILES string of the molecule is CC(C)(C)[S@](=O)N[C@]1(C(N)=O)CCSc2c1cnc(C(F)(F)F)c2F. The van der Waals surface area contributed by atoms with Crippen LogP contribution < -0.4 is 10.5 Å². The number of halogens is 4. The largest absolute Gasteiger partial charge is 0.436 e. The second-order valence-corrected chi connectivity index (χ2v) is 9.58. The van der Waals surface area contributed by atoms with Crippen molar-refractivity contribution in [3.05, 3.63) is 23.3 Å². The van der Waals surface area contributed by atoms with Gasteiger partial charge in [-0.1, -0.05) is 0 Å². The minimum absolute atomic E-state index is 0.0499. The van der Waals surface area contributed by atoms with Crippen molar-refractivity contribution < 1.29 is 26.6 Å². The Morgan fingerprint density at radius 3 is 2.48 bits per heavy atom. The lowest BCUT2D eigenvalue weighted by molar-refractivity contribution is -0.144. The molecule has 3 N–H and O–H groups in total. The topological polar surface area (TPSA) is 85.1 Å². The first kappa shape index (κ1) is 20.1. The van der Waals surface area contributed by atoms with Crippen molar-refractivity contribution in [2.45, 2.75) is 48.5 Å². The third-order valence-corrected chi connectivity index (χ3v) is 6.41. The summed E-state index contributed by atoms with van der Waals surface area (Å²) in [6.07, 6.45) is -4.13. The van der Waals surface area contributed by atoms with Crippen molar-refractivity contribution >= 4 is 28.7 Å². The van der Waals surface area contributed by atoms with Crippen molar-refractivity contribution in [1.82, 2.24) is 9.71 Å². The Balaban J connectivity index is 2.63. The number of carbonyl (C=O) groups excluding carboxylic acids is 1. The second-order valence-electron chi connectivity index (χ2n) is 6.51. The maximum atomic E-state index is 14.4. The van der Waals surface area contributed by atoms with Gasteiger partial charge in [0.2, 0.25) is 5.91 Å². The van der Waals surface area contributed by atoms with Crippen LogP contribution in [0.25, 0.3) is 0 Å². The molecule has 0 radical (unpaired) electrons. The van der Waals surface area contributed by atoms with E-state index in [0.717, 1.165) is 18.0 Å². The van der Waals surface area contributed by atoms with Gasteiger partial charge < -0.3 is 5.73 Å².